The Labute approximate surface area is 163 Å². The molecular weight excluding hydrogens is 409 g/mol. The first kappa shape index (κ1) is 20.8. The number of carbonyl (C=O) groups is 1. The average Bonchev–Trinajstić information content (AvgIpc) is 2.57. The molecular formula is C21H28INO. The lowest BCUT2D eigenvalue weighted by Gasteiger charge is -2.35. The molecule has 0 spiro atoms. The second-order valence-electron chi connectivity index (χ2n) is 6.36. The second kappa shape index (κ2) is 9.94. The van der Waals surface area contributed by atoms with Gasteiger partial charge >= 0.3 is 0 Å². The summed E-state index contributed by atoms with van der Waals surface area (Å²) in [6.07, 6.45) is 2.28. The highest BCUT2D eigenvalue weighted by Gasteiger charge is 2.40. The van der Waals surface area contributed by atoms with E-state index in [0.717, 1.165) is 30.5 Å². The molecule has 0 saturated carbocycles. The summed E-state index contributed by atoms with van der Waals surface area (Å²) in [5.74, 6) is 0.319. The van der Waals surface area contributed by atoms with Crippen molar-refractivity contribution in [2.45, 2.75) is 31.6 Å². The third-order valence-electron chi connectivity index (χ3n) is 4.42. The molecule has 0 N–H and O–H groups in total. The number of hydrogen-bond acceptors (Lipinski definition) is 2. The van der Waals surface area contributed by atoms with Crippen LogP contribution in [-0.4, -0.2) is 31.3 Å². The Kier molecular flexibility index (Phi) is 8.63. The van der Waals surface area contributed by atoms with Crippen LogP contribution in [0.5, 0.6) is 0 Å². The molecule has 0 atom stereocenters. The van der Waals surface area contributed by atoms with E-state index in [-0.39, 0.29) is 24.0 Å². The van der Waals surface area contributed by atoms with Crippen molar-refractivity contribution in [1.29, 1.82) is 0 Å². The zero-order valence-corrected chi connectivity index (χ0v) is 17.2. The monoisotopic (exact) mass is 437 g/mol. The summed E-state index contributed by atoms with van der Waals surface area (Å²) in [6.45, 7) is 2.95. The molecule has 2 rings (SSSR count). The largest absolute Gasteiger partial charge is 0.309 e. The lowest BCUT2D eigenvalue weighted by molar-refractivity contribution is -0.123. The molecule has 0 aliphatic heterocycles. The van der Waals surface area contributed by atoms with E-state index in [1.54, 1.807) is 0 Å². The summed E-state index contributed by atoms with van der Waals surface area (Å²) in [4.78, 5) is 15.4. The molecule has 130 valence electrons. The van der Waals surface area contributed by atoms with Gasteiger partial charge in [-0.2, -0.15) is 0 Å². The minimum Gasteiger partial charge on any atom is -0.309 e. The van der Waals surface area contributed by atoms with Gasteiger partial charge in [0.1, 0.15) is 5.78 Å². The Hall–Kier alpha value is -1.20. The van der Waals surface area contributed by atoms with Crippen LogP contribution < -0.4 is 0 Å². The van der Waals surface area contributed by atoms with Crippen molar-refractivity contribution < 1.29 is 4.79 Å². The van der Waals surface area contributed by atoms with Gasteiger partial charge in [-0.05, 0) is 44.6 Å². The SMILES string of the molecule is CCCC(=O)C(CCN(C)C)(c1ccccc1)c1ccccc1.I. The van der Waals surface area contributed by atoms with E-state index >= 15 is 0 Å². The number of benzene rings is 2. The van der Waals surface area contributed by atoms with Crippen molar-refractivity contribution in [2.24, 2.45) is 0 Å². The third kappa shape index (κ3) is 4.67. The Morgan fingerprint density at radius 2 is 1.38 bits per heavy atom. The van der Waals surface area contributed by atoms with E-state index in [2.05, 4.69) is 50.2 Å². The maximum Gasteiger partial charge on any atom is 0.147 e. The molecule has 2 nitrogen and oxygen atoms in total. The van der Waals surface area contributed by atoms with E-state index < -0.39 is 5.41 Å². The van der Waals surface area contributed by atoms with E-state index in [1.807, 2.05) is 36.4 Å². The zero-order chi connectivity index (χ0) is 16.7. The van der Waals surface area contributed by atoms with Gasteiger partial charge in [-0.15, -0.1) is 24.0 Å². The topological polar surface area (TPSA) is 20.3 Å². The number of nitrogens with zero attached hydrogens (tertiary/aromatic N) is 1. The molecule has 0 aliphatic carbocycles. The molecule has 0 unspecified atom stereocenters. The number of Topliss-reactive ketones (excluding diaryl/α,β-unsaturated/α-hetero) is 1. The Balaban J connectivity index is 0.00000288. The van der Waals surface area contributed by atoms with Crippen LogP contribution in [-0.2, 0) is 10.2 Å². The van der Waals surface area contributed by atoms with Crippen molar-refractivity contribution in [1.82, 2.24) is 4.90 Å². The Morgan fingerprint density at radius 3 is 1.75 bits per heavy atom. The van der Waals surface area contributed by atoms with Crippen LogP contribution in [0.25, 0.3) is 0 Å². The van der Waals surface area contributed by atoms with E-state index in [1.165, 1.54) is 0 Å². The minimum absolute atomic E-state index is 0. The van der Waals surface area contributed by atoms with Crippen LogP contribution in [0.15, 0.2) is 60.7 Å². The van der Waals surface area contributed by atoms with Gasteiger partial charge < -0.3 is 4.90 Å². The quantitative estimate of drug-likeness (QED) is 0.547. The van der Waals surface area contributed by atoms with Crippen LogP contribution in [0, 0.1) is 0 Å². The zero-order valence-electron chi connectivity index (χ0n) is 14.9. The second-order valence-corrected chi connectivity index (χ2v) is 6.36. The van der Waals surface area contributed by atoms with Crippen molar-refractivity contribution >= 4 is 29.8 Å². The molecule has 24 heavy (non-hydrogen) atoms. The Morgan fingerprint density at radius 1 is 0.917 bits per heavy atom. The van der Waals surface area contributed by atoms with Gasteiger partial charge in [0, 0.05) is 6.42 Å². The summed E-state index contributed by atoms with van der Waals surface area (Å²) in [5, 5.41) is 0. The Bertz CT molecular complexity index is 571. The summed E-state index contributed by atoms with van der Waals surface area (Å²) < 4.78 is 0. The van der Waals surface area contributed by atoms with Gasteiger partial charge in [-0.1, -0.05) is 67.6 Å². The molecule has 2 aromatic rings. The maximum absolute atomic E-state index is 13.3. The van der Waals surface area contributed by atoms with E-state index in [9.17, 15) is 4.79 Å². The van der Waals surface area contributed by atoms with Crippen molar-refractivity contribution in [3.05, 3.63) is 71.8 Å². The molecule has 0 fully saturated rings. The molecule has 0 amide bonds. The molecule has 0 aromatic heterocycles. The van der Waals surface area contributed by atoms with Gasteiger partial charge in [0.25, 0.3) is 0 Å². The first-order valence-corrected chi connectivity index (χ1v) is 8.40. The molecule has 0 saturated heterocycles. The first-order valence-electron chi connectivity index (χ1n) is 8.40. The molecule has 3 heteroatoms. The van der Waals surface area contributed by atoms with Gasteiger partial charge in [0.15, 0.2) is 0 Å². The van der Waals surface area contributed by atoms with Gasteiger partial charge in [-0.25, -0.2) is 0 Å². The summed E-state index contributed by atoms with van der Waals surface area (Å²) in [6, 6.07) is 20.5. The fourth-order valence-electron chi connectivity index (χ4n) is 3.19. The minimum atomic E-state index is -0.553. The predicted octanol–water partition coefficient (Wildman–Crippen LogP) is 4.91. The van der Waals surface area contributed by atoms with Gasteiger partial charge in [0.05, 0.1) is 5.41 Å². The number of ketones is 1. The molecule has 0 heterocycles. The van der Waals surface area contributed by atoms with Crippen molar-refractivity contribution in [3.8, 4) is 0 Å². The average molecular weight is 437 g/mol. The maximum atomic E-state index is 13.3. The summed E-state index contributed by atoms with van der Waals surface area (Å²) in [7, 11) is 4.12. The highest BCUT2D eigenvalue weighted by molar-refractivity contribution is 14.0. The molecule has 0 radical (unpaired) electrons. The highest BCUT2D eigenvalue weighted by Crippen LogP contribution is 2.38. The summed E-state index contributed by atoms with van der Waals surface area (Å²) in [5.41, 5.74) is 1.65. The number of halogens is 1. The highest BCUT2D eigenvalue weighted by atomic mass is 127. The van der Waals surface area contributed by atoms with Crippen molar-refractivity contribution in [2.75, 3.05) is 20.6 Å². The lowest BCUT2D eigenvalue weighted by Crippen LogP contribution is -2.40. The lowest BCUT2D eigenvalue weighted by atomic mass is 9.68. The van der Waals surface area contributed by atoms with Crippen LogP contribution in [0.3, 0.4) is 0 Å². The van der Waals surface area contributed by atoms with Crippen LogP contribution >= 0.6 is 24.0 Å². The predicted molar refractivity (Wildman–Crippen MR) is 112 cm³/mol. The smallest absolute Gasteiger partial charge is 0.147 e. The van der Waals surface area contributed by atoms with Gasteiger partial charge in [-0.3, -0.25) is 4.79 Å². The number of hydrogen-bond donors (Lipinski definition) is 0. The van der Waals surface area contributed by atoms with E-state index in [0.29, 0.717) is 12.2 Å². The standard InChI is InChI=1S/C21H27NO.HI/c1-4-11-20(23)21(16-17-22(2)3,18-12-7-5-8-13-18)19-14-9-6-10-15-19;/h5-10,12-15H,4,11,16-17H2,1-3H3;1H. The molecule has 0 aliphatic rings. The number of carbonyl (C=O) groups excluding carboxylic acids is 1. The molecule has 0 bridgehead atoms. The third-order valence-corrected chi connectivity index (χ3v) is 4.42. The fourth-order valence-corrected chi connectivity index (χ4v) is 3.19. The fraction of sp³-hybridized carbons (Fsp3) is 0.381. The van der Waals surface area contributed by atoms with E-state index in [4.69, 9.17) is 0 Å². The summed E-state index contributed by atoms with van der Waals surface area (Å²) >= 11 is 0. The van der Waals surface area contributed by atoms with Gasteiger partial charge in [0.2, 0.25) is 0 Å². The van der Waals surface area contributed by atoms with Crippen LogP contribution in [0.1, 0.15) is 37.3 Å². The normalized spacial score (nSPS) is 11.2. The van der Waals surface area contributed by atoms with Crippen LogP contribution in [0.2, 0.25) is 0 Å². The first-order chi connectivity index (χ1) is 11.1. The van der Waals surface area contributed by atoms with Crippen molar-refractivity contribution in [3.63, 3.8) is 0 Å². The molecule has 2 aromatic carbocycles. The number of rotatable bonds is 8. The van der Waals surface area contributed by atoms with Crippen LogP contribution in [0.4, 0.5) is 0 Å².